The molecule has 0 spiro atoms. The van der Waals surface area contributed by atoms with Crippen LogP contribution in [0.25, 0.3) is 0 Å². The molecule has 0 unspecified atom stereocenters. The molecule has 0 radical (unpaired) electrons. The van der Waals surface area contributed by atoms with Gasteiger partial charge in [0.05, 0.1) is 29.6 Å². The summed E-state index contributed by atoms with van der Waals surface area (Å²) < 4.78 is 0. The van der Waals surface area contributed by atoms with E-state index < -0.39 is 4.92 Å². The number of hydrogen-bond acceptors (Lipinski definition) is 5. The lowest BCUT2D eigenvalue weighted by atomic mass is 10.1. The van der Waals surface area contributed by atoms with Gasteiger partial charge in [0, 0.05) is 24.3 Å². The molecule has 1 aliphatic rings. The molecule has 1 aliphatic carbocycles. The number of nitriles is 1. The van der Waals surface area contributed by atoms with Gasteiger partial charge in [-0.3, -0.25) is 10.1 Å². The molecule has 0 saturated heterocycles. The summed E-state index contributed by atoms with van der Waals surface area (Å²) in [5.74, 6) is 0. The first-order valence-corrected chi connectivity index (χ1v) is 6.19. The quantitative estimate of drug-likeness (QED) is 0.624. The fraction of sp³-hybridized carbons (Fsp3) is 0.462. The Bertz CT molecular complexity index is 520. The number of aliphatic hydroxyl groups excluding tert-OH is 1. The molecule has 0 aromatic heterocycles. The molecule has 19 heavy (non-hydrogen) atoms. The van der Waals surface area contributed by atoms with Gasteiger partial charge in [-0.1, -0.05) is 0 Å². The summed E-state index contributed by atoms with van der Waals surface area (Å²) in [6.45, 7) is 0.255. The van der Waals surface area contributed by atoms with Crippen molar-refractivity contribution in [2.75, 3.05) is 11.4 Å². The first-order valence-electron chi connectivity index (χ1n) is 6.19. The predicted octanol–water partition coefficient (Wildman–Crippen LogP) is 1.97. The Kier molecular flexibility index (Phi) is 3.97. The lowest BCUT2D eigenvalue weighted by molar-refractivity contribution is -0.385. The van der Waals surface area contributed by atoms with Crippen LogP contribution in [0.5, 0.6) is 0 Å². The maximum atomic E-state index is 10.8. The lowest BCUT2D eigenvalue weighted by Gasteiger charge is -2.24. The minimum Gasteiger partial charge on any atom is -0.391 e. The molecule has 0 heterocycles. The van der Waals surface area contributed by atoms with Crippen molar-refractivity contribution in [1.82, 2.24) is 0 Å². The number of anilines is 1. The molecule has 0 bridgehead atoms. The molecule has 100 valence electrons. The number of nitro benzene ring substituents is 1. The van der Waals surface area contributed by atoms with Crippen molar-refractivity contribution in [2.24, 2.45) is 0 Å². The molecule has 6 heteroatoms. The topological polar surface area (TPSA) is 90.4 Å². The van der Waals surface area contributed by atoms with Crippen molar-refractivity contribution in [3.8, 4) is 6.07 Å². The van der Waals surface area contributed by atoms with E-state index in [1.165, 1.54) is 6.07 Å². The Balaban J connectivity index is 2.27. The van der Waals surface area contributed by atoms with Crippen LogP contribution in [-0.4, -0.2) is 22.6 Å². The molecule has 2 rings (SSSR count). The highest BCUT2D eigenvalue weighted by atomic mass is 16.6. The Labute approximate surface area is 111 Å². The van der Waals surface area contributed by atoms with E-state index in [0.717, 1.165) is 18.5 Å². The van der Waals surface area contributed by atoms with Gasteiger partial charge in [-0.05, 0) is 25.0 Å². The monoisotopic (exact) mass is 261 g/mol. The fourth-order valence-corrected chi connectivity index (χ4v) is 2.13. The average Bonchev–Trinajstić information content (AvgIpc) is 3.23. The summed E-state index contributed by atoms with van der Waals surface area (Å²) in [6, 6.07) is 7.28. The van der Waals surface area contributed by atoms with E-state index in [9.17, 15) is 15.2 Å². The third-order valence-corrected chi connectivity index (χ3v) is 3.21. The van der Waals surface area contributed by atoms with Gasteiger partial charge in [0.15, 0.2) is 0 Å². The molecular weight excluding hydrogens is 246 g/mol. The minimum absolute atomic E-state index is 0.0673. The van der Waals surface area contributed by atoms with Gasteiger partial charge in [-0.2, -0.15) is 5.26 Å². The van der Waals surface area contributed by atoms with E-state index >= 15 is 0 Å². The number of aliphatic hydroxyl groups is 1. The van der Waals surface area contributed by atoms with Crippen molar-refractivity contribution < 1.29 is 10.0 Å². The Morgan fingerprint density at radius 1 is 1.53 bits per heavy atom. The van der Waals surface area contributed by atoms with E-state index in [1.54, 1.807) is 12.1 Å². The first kappa shape index (κ1) is 13.3. The Morgan fingerprint density at radius 3 is 2.79 bits per heavy atom. The van der Waals surface area contributed by atoms with Crippen molar-refractivity contribution in [3.63, 3.8) is 0 Å². The molecule has 0 amide bonds. The van der Waals surface area contributed by atoms with Gasteiger partial charge < -0.3 is 10.0 Å². The van der Waals surface area contributed by atoms with Gasteiger partial charge in [0.1, 0.15) is 0 Å². The largest absolute Gasteiger partial charge is 0.391 e. The summed E-state index contributed by atoms with van der Waals surface area (Å²) in [6.07, 6.45) is 2.58. The summed E-state index contributed by atoms with van der Waals surface area (Å²) in [4.78, 5) is 12.4. The molecule has 0 aliphatic heterocycles. The van der Waals surface area contributed by atoms with Crippen molar-refractivity contribution >= 4 is 11.4 Å². The zero-order chi connectivity index (χ0) is 13.8. The maximum absolute atomic E-state index is 10.8. The first-order chi connectivity index (χ1) is 9.17. The SMILES string of the molecule is N#CCCN(c1ccc([N+](=O)[O-])c(CO)c1)C1CC1. The molecule has 1 aromatic rings. The highest BCUT2D eigenvalue weighted by Crippen LogP contribution is 2.34. The number of nitro groups is 1. The van der Waals surface area contributed by atoms with Crippen LogP contribution in [0.3, 0.4) is 0 Å². The van der Waals surface area contributed by atoms with E-state index in [1.807, 2.05) is 0 Å². The second-order valence-corrected chi connectivity index (χ2v) is 4.56. The van der Waals surface area contributed by atoms with E-state index in [0.29, 0.717) is 24.6 Å². The van der Waals surface area contributed by atoms with Crippen molar-refractivity contribution in [1.29, 1.82) is 5.26 Å². The minimum atomic E-state index is -0.494. The second kappa shape index (κ2) is 5.67. The Morgan fingerprint density at radius 2 is 2.26 bits per heavy atom. The van der Waals surface area contributed by atoms with E-state index in [2.05, 4.69) is 11.0 Å². The normalized spacial score (nSPS) is 13.9. The van der Waals surface area contributed by atoms with Crippen LogP contribution >= 0.6 is 0 Å². The maximum Gasteiger partial charge on any atom is 0.275 e. The molecule has 1 saturated carbocycles. The van der Waals surface area contributed by atoms with Crippen LogP contribution in [0.4, 0.5) is 11.4 Å². The zero-order valence-electron chi connectivity index (χ0n) is 10.5. The standard InChI is InChI=1S/C13H15N3O3/c14-6-1-7-15(11-2-3-11)12-4-5-13(16(18)19)10(8-12)9-17/h4-5,8,11,17H,1-3,7,9H2. The smallest absolute Gasteiger partial charge is 0.275 e. The average molecular weight is 261 g/mol. The summed E-state index contributed by atoms with van der Waals surface area (Å²) in [5, 5.41) is 28.7. The van der Waals surface area contributed by atoms with Crippen LogP contribution < -0.4 is 4.90 Å². The molecule has 1 aromatic carbocycles. The van der Waals surface area contributed by atoms with Crippen LogP contribution in [0.1, 0.15) is 24.8 Å². The molecule has 1 fully saturated rings. The molecular formula is C13H15N3O3. The predicted molar refractivity (Wildman–Crippen MR) is 69.6 cm³/mol. The van der Waals surface area contributed by atoms with Crippen molar-refractivity contribution in [3.05, 3.63) is 33.9 Å². The fourth-order valence-electron chi connectivity index (χ4n) is 2.13. The number of benzene rings is 1. The van der Waals surface area contributed by atoms with Gasteiger partial charge in [0.2, 0.25) is 0 Å². The lowest BCUT2D eigenvalue weighted by Crippen LogP contribution is -2.26. The summed E-state index contributed by atoms with van der Waals surface area (Å²) in [7, 11) is 0. The number of hydrogen-bond donors (Lipinski definition) is 1. The van der Waals surface area contributed by atoms with Crippen molar-refractivity contribution in [2.45, 2.75) is 31.9 Å². The van der Waals surface area contributed by atoms with Gasteiger partial charge in [-0.25, -0.2) is 0 Å². The van der Waals surface area contributed by atoms with Crippen LogP contribution in [0.15, 0.2) is 18.2 Å². The third-order valence-electron chi connectivity index (χ3n) is 3.21. The highest BCUT2D eigenvalue weighted by Gasteiger charge is 2.29. The van der Waals surface area contributed by atoms with Crippen LogP contribution in [0, 0.1) is 21.4 Å². The molecule has 1 N–H and O–H groups in total. The van der Waals surface area contributed by atoms with Gasteiger partial charge in [0.25, 0.3) is 5.69 Å². The summed E-state index contributed by atoms with van der Waals surface area (Å²) >= 11 is 0. The Hall–Kier alpha value is -2.13. The van der Waals surface area contributed by atoms with Crippen LogP contribution in [0.2, 0.25) is 0 Å². The van der Waals surface area contributed by atoms with E-state index in [-0.39, 0.29) is 12.3 Å². The number of rotatable bonds is 6. The second-order valence-electron chi connectivity index (χ2n) is 4.56. The third kappa shape index (κ3) is 3.01. The van der Waals surface area contributed by atoms with Gasteiger partial charge in [-0.15, -0.1) is 0 Å². The van der Waals surface area contributed by atoms with Gasteiger partial charge >= 0.3 is 0 Å². The highest BCUT2D eigenvalue weighted by molar-refractivity contribution is 5.56. The zero-order valence-corrected chi connectivity index (χ0v) is 10.5. The molecule has 6 nitrogen and oxygen atoms in total. The number of nitrogens with zero attached hydrogens (tertiary/aromatic N) is 3. The van der Waals surface area contributed by atoms with E-state index in [4.69, 9.17) is 5.26 Å². The summed E-state index contributed by atoms with van der Waals surface area (Å²) in [5.41, 5.74) is 1.08. The van der Waals surface area contributed by atoms with Crippen LogP contribution in [-0.2, 0) is 6.61 Å². The molecule has 0 atom stereocenters.